The Bertz CT molecular complexity index is 537. The van der Waals surface area contributed by atoms with Gasteiger partial charge in [-0.15, -0.1) is 0 Å². The third-order valence-corrected chi connectivity index (χ3v) is 4.47. The van der Waals surface area contributed by atoms with Crippen LogP contribution < -0.4 is 4.90 Å². The van der Waals surface area contributed by atoms with Gasteiger partial charge in [0.05, 0.1) is 11.1 Å². The van der Waals surface area contributed by atoms with E-state index in [0.29, 0.717) is 6.73 Å². The molecular formula is C16H19NO2. The van der Waals surface area contributed by atoms with Gasteiger partial charge in [0.25, 0.3) is 0 Å². The molecule has 100 valence electrons. The second-order valence-electron chi connectivity index (χ2n) is 5.39. The molecule has 0 unspecified atom stereocenters. The first-order chi connectivity index (χ1) is 9.21. The molecule has 0 bridgehead atoms. The summed E-state index contributed by atoms with van der Waals surface area (Å²) in [6.07, 6.45) is 6.21. The Labute approximate surface area is 113 Å². The lowest BCUT2D eigenvalue weighted by Gasteiger charge is -2.35. The Kier molecular flexibility index (Phi) is 2.94. The van der Waals surface area contributed by atoms with Crippen LogP contribution in [0.2, 0.25) is 0 Å². The van der Waals surface area contributed by atoms with Crippen LogP contribution in [-0.4, -0.2) is 19.7 Å². The van der Waals surface area contributed by atoms with Gasteiger partial charge in [0.1, 0.15) is 6.73 Å². The average Bonchev–Trinajstić information content (AvgIpc) is 2.66. The van der Waals surface area contributed by atoms with E-state index in [0.717, 1.165) is 24.1 Å². The summed E-state index contributed by atoms with van der Waals surface area (Å²) in [4.78, 5) is 14.7. The van der Waals surface area contributed by atoms with E-state index >= 15 is 0 Å². The van der Waals surface area contributed by atoms with Crippen molar-refractivity contribution in [2.45, 2.75) is 25.2 Å². The number of fused-ring (bicyclic) bond motifs is 2. The molecule has 2 aliphatic rings. The zero-order valence-electron chi connectivity index (χ0n) is 11.4. The lowest BCUT2D eigenvalue weighted by Crippen LogP contribution is -2.45. The number of rotatable bonds is 2. The Hall–Kier alpha value is -1.61. The van der Waals surface area contributed by atoms with Crippen molar-refractivity contribution in [2.24, 2.45) is 5.92 Å². The molecule has 1 amide bonds. The van der Waals surface area contributed by atoms with E-state index in [2.05, 4.69) is 25.1 Å². The third kappa shape index (κ3) is 1.58. The van der Waals surface area contributed by atoms with Crippen LogP contribution in [-0.2, 0) is 14.9 Å². The predicted octanol–water partition coefficient (Wildman–Crippen LogP) is 2.86. The SMILES string of the molecule is COCN1C(=O)[C@]2(CCC=C[C@H]2C)c2ccccc21. The number of amides is 1. The predicted molar refractivity (Wildman–Crippen MR) is 75.0 cm³/mol. The van der Waals surface area contributed by atoms with Gasteiger partial charge < -0.3 is 4.74 Å². The molecule has 2 atom stereocenters. The van der Waals surface area contributed by atoms with Crippen molar-refractivity contribution in [3.63, 3.8) is 0 Å². The average molecular weight is 257 g/mol. The summed E-state index contributed by atoms with van der Waals surface area (Å²) in [6.45, 7) is 2.47. The first-order valence-electron chi connectivity index (χ1n) is 6.79. The summed E-state index contributed by atoms with van der Waals surface area (Å²) in [7, 11) is 1.63. The highest BCUT2D eigenvalue weighted by Gasteiger charge is 2.53. The Morgan fingerprint density at radius 2 is 2.21 bits per heavy atom. The van der Waals surface area contributed by atoms with E-state index < -0.39 is 0 Å². The van der Waals surface area contributed by atoms with Crippen LogP contribution in [0.4, 0.5) is 5.69 Å². The number of allylic oxidation sites excluding steroid dienone is 2. The number of nitrogens with zero attached hydrogens (tertiary/aromatic N) is 1. The van der Waals surface area contributed by atoms with E-state index in [1.165, 1.54) is 0 Å². The molecule has 0 fully saturated rings. The van der Waals surface area contributed by atoms with Crippen LogP contribution in [0, 0.1) is 5.92 Å². The largest absolute Gasteiger partial charge is 0.364 e. The molecule has 1 spiro atoms. The normalized spacial score (nSPS) is 29.1. The van der Waals surface area contributed by atoms with Gasteiger partial charge in [-0.2, -0.15) is 0 Å². The number of carbonyl (C=O) groups excluding carboxylic acids is 1. The molecule has 0 N–H and O–H groups in total. The molecule has 19 heavy (non-hydrogen) atoms. The highest BCUT2D eigenvalue weighted by atomic mass is 16.5. The minimum atomic E-state index is -0.385. The molecule has 0 saturated heterocycles. The topological polar surface area (TPSA) is 29.5 Å². The molecule has 0 saturated carbocycles. The fourth-order valence-electron chi connectivity index (χ4n) is 3.49. The molecule has 1 aromatic rings. The lowest BCUT2D eigenvalue weighted by atomic mass is 9.66. The first-order valence-corrected chi connectivity index (χ1v) is 6.79. The number of carbonyl (C=O) groups is 1. The van der Waals surface area contributed by atoms with Crippen molar-refractivity contribution >= 4 is 11.6 Å². The summed E-state index contributed by atoms with van der Waals surface area (Å²) < 4.78 is 5.21. The molecule has 3 nitrogen and oxygen atoms in total. The number of methoxy groups -OCH3 is 1. The second-order valence-corrected chi connectivity index (χ2v) is 5.39. The highest BCUT2D eigenvalue weighted by Crippen LogP contribution is 2.50. The molecule has 0 radical (unpaired) electrons. The summed E-state index contributed by atoms with van der Waals surface area (Å²) in [5.41, 5.74) is 1.79. The van der Waals surface area contributed by atoms with Gasteiger partial charge in [0.15, 0.2) is 0 Å². The highest BCUT2D eigenvalue weighted by molar-refractivity contribution is 6.08. The summed E-state index contributed by atoms with van der Waals surface area (Å²) in [5.74, 6) is 0.421. The van der Waals surface area contributed by atoms with Crippen LogP contribution >= 0.6 is 0 Å². The Morgan fingerprint density at radius 1 is 1.42 bits per heavy atom. The van der Waals surface area contributed by atoms with E-state index in [9.17, 15) is 4.79 Å². The van der Waals surface area contributed by atoms with Crippen molar-refractivity contribution in [2.75, 3.05) is 18.7 Å². The zero-order chi connectivity index (χ0) is 13.5. The molecule has 3 heteroatoms. The minimum Gasteiger partial charge on any atom is -0.364 e. The smallest absolute Gasteiger partial charge is 0.240 e. The number of benzene rings is 1. The zero-order valence-corrected chi connectivity index (χ0v) is 11.4. The third-order valence-electron chi connectivity index (χ3n) is 4.47. The molecule has 1 aromatic carbocycles. The van der Waals surface area contributed by atoms with Gasteiger partial charge in [-0.25, -0.2) is 0 Å². The maximum Gasteiger partial charge on any atom is 0.240 e. The van der Waals surface area contributed by atoms with Crippen LogP contribution in [0.15, 0.2) is 36.4 Å². The minimum absolute atomic E-state index is 0.187. The van der Waals surface area contributed by atoms with Gasteiger partial charge in [0.2, 0.25) is 5.91 Å². The van der Waals surface area contributed by atoms with Crippen molar-refractivity contribution in [3.05, 3.63) is 42.0 Å². The molecular weight excluding hydrogens is 238 g/mol. The Balaban J connectivity index is 2.16. The van der Waals surface area contributed by atoms with Gasteiger partial charge in [-0.05, 0) is 30.4 Å². The molecule has 1 heterocycles. The second kappa shape index (κ2) is 4.49. The van der Waals surface area contributed by atoms with Gasteiger partial charge in [0, 0.05) is 7.11 Å². The van der Waals surface area contributed by atoms with Gasteiger partial charge in [-0.1, -0.05) is 37.3 Å². The molecule has 3 rings (SSSR count). The molecule has 1 aliphatic carbocycles. The van der Waals surface area contributed by atoms with Crippen LogP contribution in [0.25, 0.3) is 0 Å². The van der Waals surface area contributed by atoms with E-state index in [1.54, 1.807) is 12.0 Å². The fraction of sp³-hybridized carbons (Fsp3) is 0.438. The quantitative estimate of drug-likeness (QED) is 0.762. The monoisotopic (exact) mass is 257 g/mol. The number of hydrogen-bond acceptors (Lipinski definition) is 2. The molecule has 1 aliphatic heterocycles. The van der Waals surface area contributed by atoms with Crippen LogP contribution in [0.1, 0.15) is 25.3 Å². The maximum absolute atomic E-state index is 13.0. The van der Waals surface area contributed by atoms with Gasteiger partial charge >= 0.3 is 0 Å². The number of para-hydroxylation sites is 1. The van der Waals surface area contributed by atoms with Gasteiger partial charge in [-0.3, -0.25) is 9.69 Å². The number of anilines is 1. The molecule has 0 aromatic heterocycles. The van der Waals surface area contributed by atoms with E-state index in [1.807, 2.05) is 18.2 Å². The summed E-state index contributed by atoms with van der Waals surface area (Å²) >= 11 is 0. The number of ether oxygens (including phenoxy) is 1. The lowest BCUT2D eigenvalue weighted by molar-refractivity contribution is -0.125. The van der Waals surface area contributed by atoms with Crippen molar-refractivity contribution in [1.29, 1.82) is 0 Å². The van der Waals surface area contributed by atoms with E-state index in [-0.39, 0.29) is 17.2 Å². The number of hydrogen-bond donors (Lipinski definition) is 0. The summed E-state index contributed by atoms with van der Waals surface area (Å²) in [5, 5.41) is 0. The van der Waals surface area contributed by atoms with E-state index in [4.69, 9.17) is 4.74 Å². The Morgan fingerprint density at radius 3 is 2.95 bits per heavy atom. The van der Waals surface area contributed by atoms with Crippen LogP contribution in [0.5, 0.6) is 0 Å². The van der Waals surface area contributed by atoms with Crippen molar-refractivity contribution < 1.29 is 9.53 Å². The summed E-state index contributed by atoms with van der Waals surface area (Å²) in [6, 6.07) is 8.12. The standard InChI is InChI=1S/C16H19NO2/c1-12-7-5-6-10-16(12)13-8-3-4-9-14(13)17(11-19-2)15(16)18/h3-5,7-9,12H,6,10-11H2,1-2H3/t12-,16+/m1/s1. The maximum atomic E-state index is 13.0. The van der Waals surface area contributed by atoms with Crippen molar-refractivity contribution in [1.82, 2.24) is 0 Å². The first kappa shape index (κ1) is 12.4. The van der Waals surface area contributed by atoms with Crippen LogP contribution in [0.3, 0.4) is 0 Å². The van der Waals surface area contributed by atoms with Crippen molar-refractivity contribution in [3.8, 4) is 0 Å². The fourth-order valence-corrected chi connectivity index (χ4v) is 3.49.